The Morgan fingerprint density at radius 2 is 0.803 bits per heavy atom. The van der Waals surface area contributed by atoms with Gasteiger partial charge >= 0.3 is 0 Å². The van der Waals surface area contributed by atoms with Crippen LogP contribution >= 0.6 is 23.2 Å². The van der Waals surface area contributed by atoms with Crippen LogP contribution in [0.25, 0.3) is 0 Å². The third-order valence-electron chi connectivity index (χ3n) is 9.39. The van der Waals surface area contributed by atoms with E-state index < -0.39 is 0 Å². The Morgan fingerprint density at radius 3 is 1.30 bits per heavy atom. The number of hydrogen-bond donors (Lipinski definition) is 0. The van der Waals surface area contributed by atoms with Crippen molar-refractivity contribution in [3.8, 4) is 40.2 Å². The monoisotopic (exact) mass is 1030 g/mol. The van der Waals surface area contributed by atoms with E-state index in [9.17, 15) is 8.78 Å². The van der Waals surface area contributed by atoms with Gasteiger partial charge in [-0.2, -0.15) is 0 Å². The van der Waals surface area contributed by atoms with Gasteiger partial charge in [-0.3, -0.25) is 0 Å². The lowest BCUT2D eigenvalue weighted by atomic mass is 10.2. The van der Waals surface area contributed by atoms with Crippen molar-refractivity contribution in [3.05, 3.63) is 170 Å². The van der Waals surface area contributed by atoms with Gasteiger partial charge in [0.15, 0.2) is 23.1 Å². The molecular weight excluding hydrogens is 965 g/mol. The third-order valence-corrected chi connectivity index (χ3v) is 10.0. The zero-order valence-corrected chi connectivity index (χ0v) is 43.8. The van der Waals surface area contributed by atoms with Gasteiger partial charge < -0.3 is 61.6 Å². The van der Waals surface area contributed by atoms with Gasteiger partial charge in [0.1, 0.15) is 28.8 Å². The Bertz CT molecular complexity index is 2270. The molecule has 0 unspecified atom stereocenters. The zero-order chi connectivity index (χ0) is 52.4. The van der Waals surface area contributed by atoms with Gasteiger partial charge in [-0.25, -0.2) is 8.78 Å². The van der Waals surface area contributed by atoms with Crippen LogP contribution in [0.3, 0.4) is 0 Å². The van der Waals surface area contributed by atoms with E-state index in [4.69, 9.17) is 84.8 Å². The molecule has 0 amide bonds. The maximum atomic E-state index is 13.1. The quantitative estimate of drug-likeness (QED) is 0.0863. The van der Waals surface area contributed by atoms with Crippen LogP contribution < -0.4 is 33.2 Å². The Hall–Kier alpha value is -5.88. The molecule has 1 aliphatic heterocycles. The van der Waals surface area contributed by atoms with Crippen LogP contribution in [-0.2, 0) is 68.1 Å². The predicted octanol–water partition coefficient (Wildman–Crippen LogP) is 12.4. The highest BCUT2D eigenvalue weighted by Crippen LogP contribution is 2.32. The molecule has 0 bridgehead atoms. The van der Waals surface area contributed by atoms with E-state index in [1.165, 1.54) is 33.5 Å². The highest BCUT2D eigenvalue weighted by molar-refractivity contribution is 6.32. The molecule has 13 nitrogen and oxygen atoms in total. The zero-order valence-electron chi connectivity index (χ0n) is 42.2. The Morgan fingerprint density at radius 1 is 0.366 bits per heavy atom. The molecular formula is C54H66Cl2F2O13. The second kappa shape index (κ2) is 36.1. The number of hydrogen-bond acceptors (Lipinski definition) is 13. The van der Waals surface area contributed by atoms with Crippen molar-refractivity contribution in [1.29, 1.82) is 0 Å². The maximum absolute atomic E-state index is 13.1. The molecule has 6 aromatic carbocycles. The van der Waals surface area contributed by atoms with Crippen molar-refractivity contribution in [2.45, 2.75) is 39.6 Å². The lowest BCUT2D eigenvalue weighted by Gasteiger charge is -2.04. The average Bonchev–Trinajstić information content (AvgIpc) is 3.85. The fourth-order valence-corrected chi connectivity index (χ4v) is 6.38. The van der Waals surface area contributed by atoms with E-state index in [0.29, 0.717) is 66.9 Å². The first-order chi connectivity index (χ1) is 34.4. The minimum atomic E-state index is -0.355. The number of halogens is 4. The molecule has 0 N–H and O–H groups in total. The molecule has 6 aromatic rings. The summed E-state index contributed by atoms with van der Waals surface area (Å²) >= 11 is 11.8. The molecule has 388 valence electrons. The van der Waals surface area contributed by atoms with Crippen molar-refractivity contribution >= 4 is 23.2 Å². The van der Waals surface area contributed by atoms with E-state index in [1.54, 1.807) is 87.2 Å². The van der Waals surface area contributed by atoms with Gasteiger partial charge in [0.25, 0.3) is 0 Å². The topological polar surface area (TPSA) is 120 Å². The van der Waals surface area contributed by atoms with E-state index in [0.717, 1.165) is 50.8 Å². The first kappa shape index (κ1) is 61.2. The lowest BCUT2D eigenvalue weighted by molar-refractivity contribution is 0.173. The third kappa shape index (κ3) is 23.3. The molecule has 0 fully saturated rings. The molecule has 0 saturated carbocycles. The average molecular weight is 1030 g/mol. The van der Waals surface area contributed by atoms with Crippen molar-refractivity contribution in [1.82, 2.24) is 0 Å². The van der Waals surface area contributed by atoms with Crippen LogP contribution in [-0.4, -0.2) is 85.0 Å². The number of rotatable bonds is 17. The fourth-order valence-electron chi connectivity index (χ4n) is 5.87. The molecule has 0 atom stereocenters. The van der Waals surface area contributed by atoms with Crippen LogP contribution in [0.15, 0.2) is 115 Å². The summed E-state index contributed by atoms with van der Waals surface area (Å²) in [7, 11) is 17.6. The van der Waals surface area contributed by atoms with Gasteiger partial charge in [-0.15, -0.1) is 0 Å². The molecule has 7 rings (SSSR count). The van der Waals surface area contributed by atoms with Crippen molar-refractivity contribution in [2.24, 2.45) is 0 Å². The first-order valence-corrected chi connectivity index (χ1v) is 22.4. The summed E-state index contributed by atoms with van der Waals surface area (Å²) in [4.78, 5) is 0. The summed E-state index contributed by atoms with van der Waals surface area (Å²) < 4.78 is 90.6. The second-order valence-electron chi connectivity index (χ2n) is 14.5. The van der Waals surface area contributed by atoms with E-state index in [1.807, 2.05) is 72.8 Å². The van der Waals surface area contributed by atoms with Crippen LogP contribution in [0.4, 0.5) is 8.78 Å². The largest absolute Gasteiger partial charge is 0.497 e. The van der Waals surface area contributed by atoms with Gasteiger partial charge in [-0.05, 0) is 94.5 Å². The molecule has 0 radical (unpaired) electrons. The molecule has 1 aliphatic rings. The Labute approximate surface area is 427 Å². The minimum Gasteiger partial charge on any atom is -0.497 e. The highest BCUT2D eigenvalue weighted by Gasteiger charge is 2.13. The maximum Gasteiger partial charge on any atom is 0.231 e. The molecule has 0 saturated heterocycles. The van der Waals surface area contributed by atoms with Crippen molar-refractivity contribution in [2.75, 3.05) is 85.0 Å². The molecule has 1 heterocycles. The fraction of sp³-hybridized carbons (Fsp3) is 0.333. The van der Waals surface area contributed by atoms with Crippen LogP contribution in [0.2, 0.25) is 10.0 Å². The Kier molecular flexibility index (Phi) is 31.1. The lowest BCUT2D eigenvalue weighted by Crippen LogP contribution is -1.93. The summed E-state index contributed by atoms with van der Waals surface area (Å²) in [6.45, 7) is 3.40. The summed E-state index contributed by atoms with van der Waals surface area (Å²) in [5.41, 5.74) is 5.62. The summed E-state index contributed by atoms with van der Waals surface area (Å²) in [6, 6.07) is 34.2. The number of fused-ring (bicyclic) bond motifs is 1. The molecule has 0 spiro atoms. The van der Waals surface area contributed by atoms with E-state index in [2.05, 4.69) is 0 Å². The van der Waals surface area contributed by atoms with Gasteiger partial charge in [-0.1, -0.05) is 65.7 Å². The minimum absolute atomic E-state index is 0.259. The van der Waals surface area contributed by atoms with E-state index >= 15 is 0 Å². The smallest absolute Gasteiger partial charge is 0.231 e. The van der Waals surface area contributed by atoms with Crippen molar-refractivity contribution < 1.29 is 70.4 Å². The van der Waals surface area contributed by atoms with Crippen LogP contribution in [0.1, 0.15) is 33.4 Å². The highest BCUT2D eigenvalue weighted by atomic mass is 35.5. The molecule has 71 heavy (non-hydrogen) atoms. The number of benzene rings is 6. The standard InChI is InChI=1S/2C9H11ClO2.2C9H11FO2.C9H10O3.C9H12O2/c1-11-6-7-3-4-8(12-2)5-9(7)10;1-11-6-7-3-4-9(12-2)8(10)5-7;1-11-6-7-3-4-8(12-2)5-9(7)10;1-11-6-7-3-4-9(12-2)8(10)5-7;1-10-5-7-2-3-8-9(4-7)12-6-11-8;1-10-7-8-3-5-9(11-2)6-4-8/h4*3-5H,6H2,1-2H3;2-4H,5-6H2,1H3;3-6H,7H2,1-2H3. The number of methoxy groups -OCH3 is 11. The van der Waals surface area contributed by atoms with Crippen molar-refractivity contribution in [3.63, 3.8) is 0 Å². The van der Waals surface area contributed by atoms with Gasteiger partial charge in [0.05, 0.1) is 80.2 Å². The Balaban J connectivity index is 0.000000292. The summed E-state index contributed by atoms with van der Waals surface area (Å²) in [6.07, 6.45) is 0. The number of ether oxygens (including phenoxy) is 13. The van der Waals surface area contributed by atoms with Gasteiger partial charge in [0.2, 0.25) is 6.79 Å². The van der Waals surface area contributed by atoms with Gasteiger partial charge in [0, 0.05) is 59.3 Å². The summed E-state index contributed by atoms with van der Waals surface area (Å²) in [5.74, 6) is 4.09. The second-order valence-corrected chi connectivity index (χ2v) is 15.3. The van der Waals surface area contributed by atoms with Crippen LogP contribution in [0, 0.1) is 11.6 Å². The SMILES string of the molecule is COCc1ccc(OC)c(Cl)c1.COCc1ccc(OC)c(F)c1.COCc1ccc(OC)cc1.COCc1ccc(OC)cc1Cl.COCc1ccc(OC)cc1F.COCc1ccc2c(c1)OCO2. The van der Waals surface area contributed by atoms with Crippen LogP contribution in [0.5, 0.6) is 40.2 Å². The molecule has 0 aliphatic carbocycles. The molecule has 0 aromatic heterocycles. The van der Waals surface area contributed by atoms with E-state index in [-0.39, 0.29) is 24.0 Å². The predicted molar refractivity (Wildman–Crippen MR) is 272 cm³/mol. The molecule has 17 heteroatoms. The normalized spacial score (nSPS) is 10.5. The summed E-state index contributed by atoms with van der Waals surface area (Å²) in [5, 5.41) is 1.29. The first-order valence-electron chi connectivity index (χ1n) is 21.6.